The first-order valence-corrected chi connectivity index (χ1v) is 7.70. The molecule has 1 aliphatic rings. The van der Waals surface area contributed by atoms with Gasteiger partial charge in [0.1, 0.15) is 17.5 Å². The number of rotatable bonds is 1. The molecule has 0 fully saturated rings. The van der Waals surface area contributed by atoms with Gasteiger partial charge in [-0.15, -0.1) is 11.3 Å². The average Bonchev–Trinajstić information content (AvgIpc) is 2.84. The van der Waals surface area contributed by atoms with Crippen LogP contribution >= 0.6 is 11.3 Å². The molecule has 0 aliphatic heterocycles. The van der Waals surface area contributed by atoms with Gasteiger partial charge in [0.25, 0.3) is 0 Å². The molecule has 2 heterocycles. The van der Waals surface area contributed by atoms with Crippen molar-refractivity contribution in [3.8, 4) is 16.5 Å². The molecule has 0 saturated carbocycles. The Morgan fingerprint density at radius 3 is 2.90 bits per heavy atom. The smallest absolute Gasteiger partial charge is 0.142 e. The van der Waals surface area contributed by atoms with E-state index in [4.69, 9.17) is 5.73 Å². The minimum Gasteiger partial charge on any atom is -0.383 e. The lowest BCUT2D eigenvalue weighted by Gasteiger charge is -2.24. The summed E-state index contributed by atoms with van der Waals surface area (Å²) in [5.74, 6) is 1.01. The Bertz CT molecular complexity index is 709. The van der Waals surface area contributed by atoms with Crippen molar-refractivity contribution in [1.29, 1.82) is 5.26 Å². The maximum absolute atomic E-state index is 9.47. The highest BCUT2D eigenvalue weighted by atomic mass is 32.1. The maximum Gasteiger partial charge on any atom is 0.142 e. The number of nitriles is 1. The largest absolute Gasteiger partial charge is 0.383 e. The molecular weight excluding hydrogens is 266 g/mol. The molecule has 20 heavy (non-hydrogen) atoms. The van der Waals surface area contributed by atoms with Gasteiger partial charge in [0.15, 0.2) is 0 Å². The van der Waals surface area contributed by atoms with E-state index in [1.807, 2.05) is 0 Å². The number of aryl methyl sites for hydroxylation is 2. The van der Waals surface area contributed by atoms with E-state index in [1.54, 1.807) is 11.3 Å². The fraction of sp³-hybridized carbons (Fsp3) is 0.375. The van der Waals surface area contributed by atoms with Crippen LogP contribution in [0.5, 0.6) is 0 Å². The zero-order valence-corrected chi connectivity index (χ0v) is 12.5. The maximum atomic E-state index is 9.47. The van der Waals surface area contributed by atoms with Crippen LogP contribution in [0.4, 0.5) is 5.82 Å². The molecule has 0 aromatic carbocycles. The van der Waals surface area contributed by atoms with Crippen molar-refractivity contribution in [2.24, 2.45) is 5.92 Å². The summed E-state index contributed by atoms with van der Waals surface area (Å²) < 4.78 is 0. The summed E-state index contributed by atoms with van der Waals surface area (Å²) in [7, 11) is 0. The second kappa shape index (κ2) is 4.92. The molecule has 102 valence electrons. The summed E-state index contributed by atoms with van der Waals surface area (Å²) in [5, 5.41) is 9.47. The van der Waals surface area contributed by atoms with Gasteiger partial charge in [0.05, 0.1) is 0 Å². The third-order valence-electron chi connectivity index (χ3n) is 3.94. The van der Waals surface area contributed by atoms with Gasteiger partial charge in [-0.05, 0) is 49.8 Å². The second-order valence-electron chi connectivity index (χ2n) is 5.54. The van der Waals surface area contributed by atoms with Crippen molar-refractivity contribution in [3.05, 3.63) is 33.8 Å². The molecule has 1 unspecified atom stereocenters. The summed E-state index contributed by atoms with van der Waals surface area (Å²) in [5.41, 5.74) is 9.89. The van der Waals surface area contributed by atoms with E-state index in [2.05, 4.69) is 37.0 Å². The van der Waals surface area contributed by atoms with Crippen molar-refractivity contribution < 1.29 is 0 Å². The second-order valence-corrected chi connectivity index (χ2v) is 6.83. The molecule has 2 aromatic rings. The van der Waals surface area contributed by atoms with Crippen LogP contribution < -0.4 is 5.73 Å². The summed E-state index contributed by atoms with van der Waals surface area (Å²) in [6.45, 7) is 4.34. The highest BCUT2D eigenvalue weighted by Crippen LogP contribution is 2.39. The SMILES string of the molecule is Cc1ccc(-c2c(C#N)c(N)nc3c2CC(C)CC3)s1. The average molecular weight is 283 g/mol. The molecule has 0 radical (unpaired) electrons. The third-order valence-corrected chi connectivity index (χ3v) is 4.95. The fourth-order valence-electron chi connectivity index (χ4n) is 2.91. The van der Waals surface area contributed by atoms with E-state index < -0.39 is 0 Å². The van der Waals surface area contributed by atoms with Crippen LogP contribution in [-0.2, 0) is 12.8 Å². The zero-order chi connectivity index (χ0) is 14.3. The number of thiophene rings is 1. The minimum atomic E-state index is 0.377. The van der Waals surface area contributed by atoms with Gasteiger partial charge >= 0.3 is 0 Å². The lowest BCUT2D eigenvalue weighted by molar-refractivity contribution is 0.495. The van der Waals surface area contributed by atoms with Crippen LogP contribution in [0.3, 0.4) is 0 Å². The van der Waals surface area contributed by atoms with Gasteiger partial charge in [-0.2, -0.15) is 5.26 Å². The van der Waals surface area contributed by atoms with Gasteiger partial charge in [-0.3, -0.25) is 0 Å². The molecule has 2 N–H and O–H groups in total. The lowest BCUT2D eigenvalue weighted by Crippen LogP contribution is -2.16. The Morgan fingerprint density at radius 1 is 1.45 bits per heavy atom. The predicted octanol–water partition coefficient (Wildman–Crippen LogP) is 3.70. The normalized spacial score (nSPS) is 17.6. The highest BCUT2D eigenvalue weighted by molar-refractivity contribution is 7.15. The van der Waals surface area contributed by atoms with Crippen LogP contribution in [0.2, 0.25) is 0 Å². The first kappa shape index (κ1) is 13.1. The molecule has 0 saturated heterocycles. The van der Waals surface area contributed by atoms with E-state index in [0.29, 0.717) is 17.3 Å². The number of anilines is 1. The van der Waals surface area contributed by atoms with Crippen molar-refractivity contribution in [2.45, 2.75) is 33.1 Å². The topological polar surface area (TPSA) is 62.7 Å². The van der Waals surface area contributed by atoms with Crippen molar-refractivity contribution in [3.63, 3.8) is 0 Å². The monoisotopic (exact) mass is 283 g/mol. The van der Waals surface area contributed by atoms with E-state index in [1.165, 1.54) is 10.4 Å². The summed E-state index contributed by atoms with van der Waals surface area (Å²) >= 11 is 1.72. The molecule has 2 aromatic heterocycles. The number of hydrogen-bond donors (Lipinski definition) is 1. The predicted molar refractivity (Wildman–Crippen MR) is 82.6 cm³/mol. The summed E-state index contributed by atoms with van der Waals surface area (Å²) in [6, 6.07) is 6.44. The van der Waals surface area contributed by atoms with E-state index in [9.17, 15) is 5.26 Å². The molecule has 4 heteroatoms. The van der Waals surface area contributed by atoms with Crippen LogP contribution in [0.15, 0.2) is 12.1 Å². The minimum absolute atomic E-state index is 0.377. The Balaban J connectivity index is 2.30. The first-order chi connectivity index (χ1) is 9.60. The Hall–Kier alpha value is -1.86. The Labute approximate surface area is 123 Å². The Kier molecular flexibility index (Phi) is 3.23. The Morgan fingerprint density at radius 2 is 2.25 bits per heavy atom. The molecule has 0 bridgehead atoms. The standard InChI is InChI=1S/C16H17N3S/c1-9-3-5-13-11(7-9)15(12(8-17)16(18)19-13)14-6-4-10(2)20-14/h4,6,9H,3,5,7H2,1-2H3,(H2,18,19). The number of aromatic nitrogens is 1. The molecule has 0 amide bonds. The van der Waals surface area contributed by atoms with Gasteiger partial charge in [-0.25, -0.2) is 4.98 Å². The van der Waals surface area contributed by atoms with Crippen molar-refractivity contribution >= 4 is 17.2 Å². The number of hydrogen-bond acceptors (Lipinski definition) is 4. The highest BCUT2D eigenvalue weighted by Gasteiger charge is 2.25. The molecular formula is C16H17N3S. The van der Waals surface area contributed by atoms with Crippen molar-refractivity contribution in [1.82, 2.24) is 4.98 Å². The molecule has 1 aliphatic carbocycles. The lowest BCUT2D eigenvalue weighted by atomic mass is 9.83. The van der Waals surface area contributed by atoms with Gasteiger partial charge in [-0.1, -0.05) is 6.92 Å². The number of pyridine rings is 1. The molecule has 1 atom stereocenters. The molecule has 3 nitrogen and oxygen atoms in total. The quantitative estimate of drug-likeness (QED) is 0.868. The van der Waals surface area contributed by atoms with E-state index >= 15 is 0 Å². The number of nitrogen functional groups attached to an aromatic ring is 1. The van der Waals surface area contributed by atoms with Crippen LogP contribution in [0, 0.1) is 24.2 Å². The molecule has 0 spiro atoms. The number of nitrogens with zero attached hydrogens (tertiary/aromatic N) is 2. The van der Waals surface area contributed by atoms with Gasteiger partial charge in [0.2, 0.25) is 0 Å². The number of nitrogens with two attached hydrogens (primary N) is 1. The van der Waals surface area contributed by atoms with Crippen LogP contribution in [0.1, 0.15) is 35.0 Å². The van der Waals surface area contributed by atoms with Crippen molar-refractivity contribution in [2.75, 3.05) is 5.73 Å². The van der Waals surface area contributed by atoms with Crippen LogP contribution in [0.25, 0.3) is 10.4 Å². The van der Waals surface area contributed by atoms with Crippen LogP contribution in [-0.4, -0.2) is 4.98 Å². The summed E-state index contributed by atoms with van der Waals surface area (Å²) in [6.07, 6.45) is 3.10. The first-order valence-electron chi connectivity index (χ1n) is 6.88. The van der Waals surface area contributed by atoms with Gasteiger partial charge < -0.3 is 5.73 Å². The van der Waals surface area contributed by atoms with E-state index in [-0.39, 0.29) is 0 Å². The fourth-order valence-corrected chi connectivity index (χ4v) is 3.85. The van der Waals surface area contributed by atoms with Gasteiger partial charge in [0, 0.05) is 21.0 Å². The third kappa shape index (κ3) is 2.08. The summed E-state index contributed by atoms with van der Waals surface area (Å²) in [4.78, 5) is 6.86. The van der Waals surface area contributed by atoms with E-state index in [0.717, 1.165) is 35.4 Å². The zero-order valence-electron chi connectivity index (χ0n) is 11.7. The number of fused-ring (bicyclic) bond motifs is 1. The molecule has 3 rings (SSSR count).